The summed E-state index contributed by atoms with van der Waals surface area (Å²) in [4.78, 5) is 38.4. The number of carbonyl (C=O) groups excluding carboxylic acids is 2. The third kappa shape index (κ3) is 4.39. The number of aliphatic carboxylic acids is 1. The van der Waals surface area contributed by atoms with Crippen molar-refractivity contribution in [1.29, 1.82) is 0 Å². The Kier molecular flexibility index (Phi) is 6.64. The van der Waals surface area contributed by atoms with Gasteiger partial charge in [0.05, 0.1) is 0 Å². The number of alkyl carbamates (subject to hydrolysis) is 1. The molecule has 2 aromatic rings. The normalized spacial score (nSPS) is 19.3. The number of carboxylic acids is 1. The van der Waals surface area contributed by atoms with E-state index in [4.69, 9.17) is 4.74 Å². The molecule has 2 aromatic carbocycles. The van der Waals surface area contributed by atoms with Gasteiger partial charge >= 0.3 is 12.1 Å². The monoisotopic (exact) mass is 464 g/mol. The summed E-state index contributed by atoms with van der Waals surface area (Å²) in [5, 5.41) is 12.3. The molecule has 2 aliphatic carbocycles. The van der Waals surface area contributed by atoms with Gasteiger partial charge in [0.15, 0.2) is 0 Å². The summed E-state index contributed by atoms with van der Waals surface area (Å²) >= 11 is 0. The van der Waals surface area contributed by atoms with Gasteiger partial charge in [0.2, 0.25) is 5.91 Å². The Balaban J connectivity index is 1.34. The van der Waals surface area contributed by atoms with Crippen LogP contribution < -0.4 is 5.32 Å². The van der Waals surface area contributed by atoms with Gasteiger partial charge in [-0.3, -0.25) is 4.79 Å². The van der Waals surface area contributed by atoms with Crippen molar-refractivity contribution in [3.63, 3.8) is 0 Å². The number of rotatable bonds is 7. The third-order valence-electron chi connectivity index (χ3n) is 7.52. The van der Waals surface area contributed by atoms with Crippen molar-refractivity contribution in [2.45, 2.75) is 44.6 Å². The summed E-state index contributed by atoms with van der Waals surface area (Å²) in [5.74, 6) is -1.60. The predicted octanol–water partition coefficient (Wildman–Crippen LogP) is 4.26. The molecule has 0 saturated heterocycles. The minimum Gasteiger partial charge on any atom is -0.480 e. The molecular weight excluding hydrogens is 432 g/mol. The van der Waals surface area contributed by atoms with E-state index in [1.54, 1.807) is 0 Å². The maximum absolute atomic E-state index is 13.0. The average molecular weight is 465 g/mol. The maximum atomic E-state index is 13.0. The third-order valence-corrected chi connectivity index (χ3v) is 7.52. The van der Waals surface area contributed by atoms with Crippen LogP contribution in [0.5, 0.6) is 0 Å². The number of nitrogens with one attached hydrogen (secondary N) is 1. The van der Waals surface area contributed by atoms with Crippen LogP contribution >= 0.6 is 0 Å². The summed E-state index contributed by atoms with van der Waals surface area (Å²) in [5.41, 5.74) is 3.37. The summed E-state index contributed by atoms with van der Waals surface area (Å²) in [7, 11) is 1.53. The van der Waals surface area contributed by atoms with Crippen LogP contribution in [0, 0.1) is 11.8 Å². The highest BCUT2D eigenvalue weighted by Gasteiger charge is 2.41. The molecule has 2 unspecified atom stereocenters. The fourth-order valence-electron chi connectivity index (χ4n) is 5.14. The Morgan fingerprint density at radius 2 is 1.62 bits per heavy atom. The van der Waals surface area contributed by atoms with Crippen LogP contribution in [-0.4, -0.2) is 53.7 Å². The lowest BCUT2D eigenvalue weighted by Gasteiger charge is -2.34. The zero-order valence-electron chi connectivity index (χ0n) is 19.9. The quantitative estimate of drug-likeness (QED) is 0.638. The van der Waals surface area contributed by atoms with E-state index < -0.39 is 17.6 Å². The molecule has 4 rings (SSSR count). The Morgan fingerprint density at radius 3 is 2.21 bits per heavy atom. The molecule has 180 valence electrons. The number of hydrogen-bond acceptors (Lipinski definition) is 4. The molecule has 7 nitrogen and oxygen atoms in total. The van der Waals surface area contributed by atoms with Gasteiger partial charge in [-0.25, -0.2) is 9.59 Å². The second kappa shape index (κ2) is 9.49. The zero-order chi connectivity index (χ0) is 24.5. The first-order valence-corrected chi connectivity index (χ1v) is 11.8. The predicted molar refractivity (Wildman–Crippen MR) is 128 cm³/mol. The molecule has 34 heavy (non-hydrogen) atoms. The van der Waals surface area contributed by atoms with Gasteiger partial charge in [0.1, 0.15) is 12.1 Å². The fraction of sp³-hybridized carbons (Fsp3) is 0.444. The van der Waals surface area contributed by atoms with Gasteiger partial charge in [0.25, 0.3) is 0 Å². The highest BCUT2D eigenvalue weighted by Crippen LogP contribution is 2.44. The van der Waals surface area contributed by atoms with Crippen molar-refractivity contribution < 1.29 is 24.2 Å². The van der Waals surface area contributed by atoms with Crippen molar-refractivity contribution in [2.75, 3.05) is 20.2 Å². The molecule has 2 amide bonds. The summed E-state index contributed by atoms with van der Waals surface area (Å²) in [6, 6.07) is 16.4. The van der Waals surface area contributed by atoms with Crippen molar-refractivity contribution in [3.05, 3.63) is 59.7 Å². The Hall–Kier alpha value is -3.35. The summed E-state index contributed by atoms with van der Waals surface area (Å²) < 4.78 is 5.61. The number of ether oxygens (including phenoxy) is 1. The molecule has 0 heterocycles. The number of hydrogen-bond donors (Lipinski definition) is 2. The summed E-state index contributed by atoms with van der Waals surface area (Å²) in [6.07, 6.45) is 1.87. The number of fused-ring (bicyclic) bond motifs is 3. The van der Waals surface area contributed by atoms with E-state index in [1.807, 2.05) is 24.3 Å². The number of carbonyl (C=O) groups is 3. The van der Waals surface area contributed by atoms with E-state index in [0.29, 0.717) is 13.0 Å². The van der Waals surface area contributed by atoms with Gasteiger partial charge in [-0.05, 0) is 54.9 Å². The van der Waals surface area contributed by atoms with E-state index in [2.05, 4.69) is 29.6 Å². The minimum absolute atomic E-state index is 0.00847. The fourth-order valence-corrected chi connectivity index (χ4v) is 5.14. The van der Waals surface area contributed by atoms with Gasteiger partial charge in [-0.2, -0.15) is 0 Å². The molecule has 0 radical (unpaired) electrons. The number of carboxylic acid groups (broad SMARTS) is 1. The highest BCUT2D eigenvalue weighted by molar-refractivity contribution is 5.87. The molecule has 0 spiro atoms. The topological polar surface area (TPSA) is 95.9 Å². The number of benzene rings is 2. The van der Waals surface area contributed by atoms with Crippen molar-refractivity contribution in [3.8, 4) is 11.1 Å². The molecule has 1 fully saturated rings. The first-order valence-electron chi connectivity index (χ1n) is 11.8. The van der Waals surface area contributed by atoms with Gasteiger partial charge in [0, 0.05) is 25.4 Å². The first-order chi connectivity index (χ1) is 16.2. The van der Waals surface area contributed by atoms with Gasteiger partial charge in [-0.1, -0.05) is 55.0 Å². The summed E-state index contributed by atoms with van der Waals surface area (Å²) in [6.45, 7) is 3.61. The van der Waals surface area contributed by atoms with Crippen LogP contribution in [0.1, 0.15) is 50.2 Å². The molecule has 7 heteroatoms. The molecule has 2 atom stereocenters. The smallest absolute Gasteiger partial charge is 0.407 e. The van der Waals surface area contributed by atoms with Crippen LogP contribution in [0.25, 0.3) is 11.1 Å². The van der Waals surface area contributed by atoms with E-state index >= 15 is 0 Å². The highest BCUT2D eigenvalue weighted by atomic mass is 16.5. The molecule has 0 aromatic heterocycles. The first kappa shape index (κ1) is 23.8. The average Bonchev–Trinajstić information content (AvgIpc) is 3.43. The molecule has 1 saturated carbocycles. The zero-order valence-corrected chi connectivity index (χ0v) is 19.9. The van der Waals surface area contributed by atoms with Crippen LogP contribution in [0.3, 0.4) is 0 Å². The molecule has 2 aliphatic rings. The van der Waals surface area contributed by atoms with Crippen molar-refractivity contribution in [1.82, 2.24) is 10.2 Å². The Morgan fingerprint density at radius 1 is 1.03 bits per heavy atom. The Bertz CT molecular complexity index is 1050. The van der Waals surface area contributed by atoms with Gasteiger partial charge < -0.3 is 20.1 Å². The molecule has 0 aliphatic heterocycles. The lowest BCUT2D eigenvalue weighted by atomic mass is 9.92. The molecular formula is C27H32N2O5. The molecule has 0 bridgehead atoms. The Labute approximate surface area is 200 Å². The van der Waals surface area contributed by atoms with E-state index in [1.165, 1.54) is 36.9 Å². The van der Waals surface area contributed by atoms with E-state index in [9.17, 15) is 19.5 Å². The van der Waals surface area contributed by atoms with Crippen molar-refractivity contribution in [2.24, 2.45) is 11.8 Å². The SMILES string of the molecule is CN(C(=O)C1CCCC1CNC(=O)OCC1c2ccccc2-c2ccccc21)C(C)(C)C(=O)O. The number of nitrogens with zero attached hydrogens (tertiary/aromatic N) is 1. The van der Waals surface area contributed by atoms with Crippen LogP contribution in [0.2, 0.25) is 0 Å². The second-order valence-corrected chi connectivity index (χ2v) is 9.77. The standard InChI is InChI=1S/C27H32N2O5/c1-27(2,25(31)32)29(3)24(30)18-14-8-9-17(18)15-28-26(33)34-16-23-21-12-6-4-10-19(21)20-11-5-7-13-22(20)23/h4-7,10-13,17-18,23H,8-9,14-16H2,1-3H3,(H,28,33)(H,31,32). The van der Waals surface area contributed by atoms with E-state index in [0.717, 1.165) is 24.0 Å². The maximum Gasteiger partial charge on any atom is 0.407 e. The van der Waals surface area contributed by atoms with Crippen molar-refractivity contribution >= 4 is 18.0 Å². The number of amides is 2. The van der Waals surface area contributed by atoms with Crippen LogP contribution in [0.4, 0.5) is 4.79 Å². The second-order valence-electron chi connectivity index (χ2n) is 9.77. The lowest BCUT2D eigenvalue weighted by Crippen LogP contribution is -2.53. The van der Waals surface area contributed by atoms with Gasteiger partial charge in [-0.15, -0.1) is 0 Å². The largest absolute Gasteiger partial charge is 0.480 e. The lowest BCUT2D eigenvalue weighted by molar-refractivity contribution is -0.157. The number of likely N-dealkylation sites (N-methyl/N-ethyl adjacent to an activating group) is 1. The van der Waals surface area contributed by atoms with Crippen LogP contribution in [0.15, 0.2) is 48.5 Å². The minimum atomic E-state index is -1.29. The van der Waals surface area contributed by atoms with E-state index in [-0.39, 0.29) is 30.3 Å². The van der Waals surface area contributed by atoms with Crippen LogP contribution in [-0.2, 0) is 14.3 Å². The molecule has 2 N–H and O–H groups in total.